The quantitative estimate of drug-likeness (QED) is 0.322. The smallest absolute Gasteiger partial charge is 0.378 e. The van der Waals surface area contributed by atoms with Crippen molar-refractivity contribution < 1.29 is 22.9 Å². The van der Waals surface area contributed by atoms with Crippen LogP contribution in [0, 0.1) is 10.1 Å². The normalized spacial score (nSPS) is 11.5. The molecule has 2 heterocycles. The number of amides is 2. The predicted molar refractivity (Wildman–Crippen MR) is 131 cm³/mol. The van der Waals surface area contributed by atoms with Crippen LogP contribution >= 0.6 is 34.5 Å². The Bertz CT molecular complexity index is 1250. The number of carbonyl (C=O) groups is 1. The van der Waals surface area contributed by atoms with E-state index in [0.29, 0.717) is 17.3 Å². The SMILES string of the molecule is CNC(=O)N(C)c1nnc(C(C)(C)C)s1.Nc1c([N+](=O)[O-])cnn1-c1c(Cl)cc(C(F)(F)F)cc1Cl. The van der Waals surface area contributed by atoms with Crippen LogP contribution in [0.25, 0.3) is 5.69 Å². The maximum absolute atomic E-state index is 12.6. The molecule has 0 saturated heterocycles. The van der Waals surface area contributed by atoms with Crippen LogP contribution in [0.15, 0.2) is 18.3 Å². The topological polar surface area (TPSA) is 145 Å². The van der Waals surface area contributed by atoms with Crippen LogP contribution in [-0.2, 0) is 11.6 Å². The molecule has 0 spiro atoms. The van der Waals surface area contributed by atoms with Crippen LogP contribution < -0.4 is 16.0 Å². The summed E-state index contributed by atoms with van der Waals surface area (Å²) < 4.78 is 38.7. The lowest BCUT2D eigenvalue weighted by atomic mass is 9.98. The minimum Gasteiger partial charge on any atom is -0.378 e. The standard InChI is InChI=1S/C10H5Cl2F3N4O2.C9H16N4OS/c11-5-1-4(10(13,14)15)2-6(12)8(5)18-9(16)7(3-17-18)19(20)21;1-9(2,3)6-11-12-8(15-6)13(5)7(14)10-4/h1-3H,16H2;1-5H3,(H,10,14). The van der Waals surface area contributed by atoms with E-state index in [4.69, 9.17) is 28.9 Å². The van der Waals surface area contributed by atoms with Gasteiger partial charge in [-0.25, -0.2) is 9.48 Å². The van der Waals surface area contributed by atoms with Crippen molar-refractivity contribution >= 4 is 57.2 Å². The van der Waals surface area contributed by atoms with E-state index < -0.39 is 28.2 Å². The van der Waals surface area contributed by atoms with E-state index in [2.05, 4.69) is 41.4 Å². The molecule has 0 unspecified atom stereocenters. The third-order valence-electron chi connectivity index (χ3n) is 4.40. The highest BCUT2D eigenvalue weighted by Crippen LogP contribution is 2.39. The summed E-state index contributed by atoms with van der Waals surface area (Å²) in [6.45, 7) is 6.20. The maximum atomic E-state index is 12.6. The van der Waals surface area contributed by atoms with E-state index in [1.807, 2.05) is 0 Å². The van der Waals surface area contributed by atoms with Gasteiger partial charge < -0.3 is 11.1 Å². The summed E-state index contributed by atoms with van der Waals surface area (Å²) in [5.41, 5.74) is 3.75. The zero-order chi connectivity index (χ0) is 27.6. The molecule has 3 aromatic rings. The number of anilines is 2. The molecule has 0 radical (unpaired) electrons. The Morgan fingerprint density at radius 2 is 1.78 bits per heavy atom. The van der Waals surface area contributed by atoms with E-state index in [1.54, 1.807) is 14.1 Å². The summed E-state index contributed by atoms with van der Waals surface area (Å²) in [5, 5.41) is 25.7. The highest BCUT2D eigenvalue weighted by atomic mass is 35.5. The Kier molecular flexibility index (Phi) is 8.75. The van der Waals surface area contributed by atoms with Crippen molar-refractivity contribution in [2.45, 2.75) is 32.4 Å². The summed E-state index contributed by atoms with van der Waals surface area (Å²) in [6.07, 6.45) is -3.78. The minimum atomic E-state index is -4.63. The van der Waals surface area contributed by atoms with Gasteiger partial charge in [0.1, 0.15) is 16.9 Å². The Morgan fingerprint density at radius 1 is 1.22 bits per heavy atom. The number of rotatable bonds is 3. The lowest BCUT2D eigenvalue weighted by Gasteiger charge is -2.13. The zero-order valence-corrected chi connectivity index (χ0v) is 21.8. The number of hydrogen-bond donors (Lipinski definition) is 2. The minimum absolute atomic E-state index is 0.0283. The van der Waals surface area contributed by atoms with Crippen LogP contribution in [-0.4, -0.2) is 45.0 Å². The maximum Gasteiger partial charge on any atom is 0.416 e. The second kappa shape index (κ2) is 10.8. The van der Waals surface area contributed by atoms with Crippen molar-refractivity contribution in [3.63, 3.8) is 0 Å². The summed E-state index contributed by atoms with van der Waals surface area (Å²) in [6, 6.07) is 1.08. The predicted octanol–water partition coefficient (Wildman–Crippen LogP) is 5.30. The average molecular weight is 569 g/mol. The van der Waals surface area contributed by atoms with Gasteiger partial charge in [-0.3, -0.25) is 15.0 Å². The molecule has 0 aliphatic heterocycles. The van der Waals surface area contributed by atoms with E-state index in [0.717, 1.165) is 15.9 Å². The van der Waals surface area contributed by atoms with Gasteiger partial charge in [0.25, 0.3) is 0 Å². The van der Waals surface area contributed by atoms with Crippen molar-refractivity contribution in [1.82, 2.24) is 25.3 Å². The van der Waals surface area contributed by atoms with Crippen LogP contribution in [0.2, 0.25) is 10.0 Å². The number of nitrogen functional groups attached to an aromatic ring is 1. The number of halogens is 5. The molecule has 0 aliphatic carbocycles. The molecule has 17 heteroatoms. The molecule has 36 heavy (non-hydrogen) atoms. The summed E-state index contributed by atoms with van der Waals surface area (Å²) in [4.78, 5) is 22.7. The number of nitrogens with zero attached hydrogens (tertiary/aromatic N) is 6. The van der Waals surface area contributed by atoms with Gasteiger partial charge in [0.05, 0.1) is 20.5 Å². The number of nitrogens with one attached hydrogen (secondary N) is 1. The first-order valence-corrected chi connectivity index (χ1v) is 11.4. The molecule has 3 N–H and O–H groups in total. The second-order valence-corrected chi connectivity index (χ2v) is 9.89. The number of urea groups is 1. The van der Waals surface area contributed by atoms with E-state index in [-0.39, 0.29) is 27.2 Å². The third-order valence-corrected chi connectivity index (χ3v) is 6.40. The largest absolute Gasteiger partial charge is 0.416 e. The van der Waals surface area contributed by atoms with E-state index in [1.165, 1.54) is 16.2 Å². The zero-order valence-electron chi connectivity index (χ0n) is 19.5. The van der Waals surface area contributed by atoms with E-state index in [9.17, 15) is 28.1 Å². The van der Waals surface area contributed by atoms with Gasteiger partial charge in [0.2, 0.25) is 10.9 Å². The van der Waals surface area contributed by atoms with Crippen molar-refractivity contribution in [3.8, 4) is 5.69 Å². The Morgan fingerprint density at radius 3 is 2.17 bits per heavy atom. The molecule has 0 aliphatic rings. The molecular formula is C19H21Cl2F3N8O3S. The van der Waals surface area contributed by atoms with Crippen molar-refractivity contribution in [1.29, 1.82) is 0 Å². The average Bonchev–Trinajstić information content (AvgIpc) is 3.40. The van der Waals surface area contributed by atoms with Crippen LogP contribution in [0.5, 0.6) is 0 Å². The molecule has 3 rings (SSSR count). The molecule has 196 valence electrons. The van der Waals surface area contributed by atoms with E-state index >= 15 is 0 Å². The summed E-state index contributed by atoms with van der Waals surface area (Å²) in [5.74, 6) is -0.399. The monoisotopic (exact) mass is 568 g/mol. The number of carbonyl (C=O) groups excluding carboxylic acids is 1. The van der Waals surface area contributed by atoms with Crippen molar-refractivity contribution in [2.24, 2.45) is 0 Å². The fourth-order valence-corrected chi connectivity index (χ4v) is 4.02. The van der Waals surface area contributed by atoms with Crippen molar-refractivity contribution in [2.75, 3.05) is 24.7 Å². The van der Waals surface area contributed by atoms with Crippen LogP contribution in [0.3, 0.4) is 0 Å². The third kappa shape index (κ3) is 6.53. The number of alkyl halides is 3. The highest BCUT2D eigenvalue weighted by molar-refractivity contribution is 7.15. The Balaban J connectivity index is 0.000000269. The van der Waals surface area contributed by atoms with Gasteiger partial charge in [0.15, 0.2) is 0 Å². The van der Waals surface area contributed by atoms with Crippen LogP contribution in [0.1, 0.15) is 31.3 Å². The number of nitrogens with two attached hydrogens (primary N) is 1. The lowest BCUT2D eigenvalue weighted by molar-refractivity contribution is -0.383. The van der Waals surface area contributed by atoms with Gasteiger partial charge in [-0.1, -0.05) is 55.3 Å². The number of hydrogen-bond acceptors (Lipinski definition) is 8. The van der Waals surface area contributed by atoms with Gasteiger partial charge >= 0.3 is 17.9 Å². The number of aromatic nitrogens is 4. The second-order valence-electron chi connectivity index (χ2n) is 8.12. The number of nitro groups is 1. The molecule has 2 amide bonds. The van der Waals surface area contributed by atoms with Gasteiger partial charge in [-0.05, 0) is 12.1 Å². The van der Waals surface area contributed by atoms with Crippen molar-refractivity contribution in [3.05, 3.63) is 49.1 Å². The summed E-state index contributed by atoms with van der Waals surface area (Å²) >= 11 is 13.0. The lowest BCUT2D eigenvalue weighted by Crippen LogP contribution is -2.34. The van der Waals surface area contributed by atoms with Gasteiger partial charge in [0, 0.05) is 19.5 Å². The van der Waals surface area contributed by atoms with Crippen LogP contribution in [0.4, 0.5) is 34.6 Å². The first-order valence-electron chi connectivity index (χ1n) is 9.83. The molecule has 11 nitrogen and oxygen atoms in total. The van der Waals surface area contributed by atoms with Gasteiger partial charge in [-0.2, -0.15) is 18.3 Å². The highest BCUT2D eigenvalue weighted by Gasteiger charge is 2.33. The molecule has 0 bridgehead atoms. The summed E-state index contributed by atoms with van der Waals surface area (Å²) in [7, 11) is 3.26. The molecule has 0 fully saturated rings. The molecule has 1 aromatic carbocycles. The number of benzene rings is 1. The molecule has 2 aromatic heterocycles. The Hall–Kier alpha value is -3.17. The first-order chi connectivity index (χ1) is 16.5. The first kappa shape index (κ1) is 29.1. The molecule has 0 saturated carbocycles. The fourth-order valence-electron chi connectivity index (χ4n) is 2.51. The van der Waals surface area contributed by atoms with Gasteiger partial charge in [-0.15, -0.1) is 10.2 Å². The molecule has 0 atom stereocenters. The fraction of sp³-hybridized carbons (Fsp3) is 0.368. The molecular weight excluding hydrogens is 548 g/mol. The Labute approximate surface area is 217 Å².